The number of carbonyl (C=O) groups is 2. The number of carboxylic acid groups (broad SMARTS) is 1. The van der Waals surface area contributed by atoms with Crippen LogP contribution in [0.1, 0.15) is 12.7 Å². The van der Waals surface area contributed by atoms with Crippen LogP contribution in [0.2, 0.25) is 0 Å². The molecule has 0 saturated carbocycles. The average molecular weight is 240 g/mol. The number of rotatable bonds is 7. The van der Waals surface area contributed by atoms with Crippen molar-refractivity contribution in [3.63, 3.8) is 0 Å². The Morgan fingerprint density at radius 3 is 2.76 bits per heavy atom. The lowest BCUT2D eigenvalue weighted by Crippen LogP contribution is -2.37. The molecule has 0 unspecified atom stereocenters. The van der Waals surface area contributed by atoms with Crippen LogP contribution in [0.25, 0.3) is 0 Å². The number of aliphatic carboxylic acids is 1. The largest absolute Gasteiger partial charge is 0.480 e. The number of imidazole rings is 1. The van der Waals surface area contributed by atoms with Crippen LogP contribution in [0.3, 0.4) is 0 Å². The summed E-state index contributed by atoms with van der Waals surface area (Å²) in [6, 6.07) is 0. The Hall–Kier alpha value is -1.89. The first kappa shape index (κ1) is 13.2. The molecule has 0 aliphatic rings. The third-order valence-corrected chi connectivity index (χ3v) is 2.25. The van der Waals surface area contributed by atoms with Crippen LogP contribution in [-0.2, 0) is 22.7 Å². The van der Waals surface area contributed by atoms with E-state index in [1.54, 1.807) is 12.4 Å². The molecular formula is C10H16N4O3. The van der Waals surface area contributed by atoms with E-state index >= 15 is 0 Å². The molecule has 1 aromatic heterocycles. The maximum atomic E-state index is 10.8. The second kappa shape index (κ2) is 6.00. The summed E-state index contributed by atoms with van der Waals surface area (Å²) in [6.07, 6.45) is 3.45. The highest BCUT2D eigenvalue weighted by Crippen LogP contribution is 2.02. The highest BCUT2D eigenvalue weighted by Gasteiger charge is 2.15. The Morgan fingerprint density at radius 1 is 1.53 bits per heavy atom. The molecule has 0 aromatic carbocycles. The third kappa shape index (κ3) is 4.23. The first-order valence-corrected chi connectivity index (χ1v) is 5.25. The molecule has 1 amide bonds. The number of nitrogens with zero attached hydrogens (tertiary/aromatic N) is 3. The number of hydrogen-bond donors (Lipinski definition) is 2. The molecular weight excluding hydrogens is 224 g/mol. The summed E-state index contributed by atoms with van der Waals surface area (Å²) in [4.78, 5) is 27.0. The van der Waals surface area contributed by atoms with Crippen LogP contribution in [0, 0.1) is 0 Å². The monoisotopic (exact) mass is 240 g/mol. The molecule has 7 nitrogen and oxygen atoms in total. The predicted octanol–water partition coefficient (Wildman–Crippen LogP) is -0.725. The normalized spacial score (nSPS) is 10.7. The number of carbonyl (C=O) groups excluding carboxylic acids is 1. The van der Waals surface area contributed by atoms with Crippen molar-refractivity contribution in [2.75, 3.05) is 13.1 Å². The predicted molar refractivity (Wildman–Crippen MR) is 60.0 cm³/mol. The molecule has 3 N–H and O–H groups in total. The van der Waals surface area contributed by atoms with Crippen LogP contribution >= 0.6 is 0 Å². The van der Waals surface area contributed by atoms with E-state index in [4.69, 9.17) is 10.8 Å². The summed E-state index contributed by atoms with van der Waals surface area (Å²) in [5.74, 6) is -0.836. The molecule has 0 fully saturated rings. The van der Waals surface area contributed by atoms with Gasteiger partial charge in [0.1, 0.15) is 5.82 Å². The number of aryl methyl sites for hydroxylation is 1. The van der Waals surface area contributed by atoms with Crippen LogP contribution in [0.4, 0.5) is 0 Å². The van der Waals surface area contributed by atoms with Gasteiger partial charge in [-0.1, -0.05) is 0 Å². The fourth-order valence-electron chi connectivity index (χ4n) is 1.56. The zero-order valence-corrected chi connectivity index (χ0v) is 9.67. The number of amides is 1. The lowest BCUT2D eigenvalue weighted by molar-refractivity contribution is -0.138. The standard InChI is InChI=1S/C10H16N4O3/c1-2-14-4-3-12-9(14)6-13(5-8(11)15)7-10(16)17/h3-4H,2,5-7H2,1H3,(H2,11,15)(H,16,17). The van der Waals surface area contributed by atoms with Gasteiger partial charge in [-0.3, -0.25) is 14.5 Å². The molecule has 0 spiro atoms. The van der Waals surface area contributed by atoms with Crippen molar-refractivity contribution in [3.05, 3.63) is 18.2 Å². The molecule has 0 bridgehead atoms. The van der Waals surface area contributed by atoms with Gasteiger partial charge in [-0.2, -0.15) is 0 Å². The van der Waals surface area contributed by atoms with Gasteiger partial charge < -0.3 is 15.4 Å². The highest BCUT2D eigenvalue weighted by molar-refractivity contribution is 5.77. The van der Waals surface area contributed by atoms with Crippen molar-refractivity contribution in [1.29, 1.82) is 0 Å². The van der Waals surface area contributed by atoms with Gasteiger partial charge in [0.15, 0.2) is 0 Å². The van der Waals surface area contributed by atoms with Gasteiger partial charge in [0.2, 0.25) is 5.91 Å². The molecule has 1 rings (SSSR count). The van der Waals surface area contributed by atoms with Crippen molar-refractivity contribution in [3.8, 4) is 0 Å². The van der Waals surface area contributed by atoms with Gasteiger partial charge in [0.25, 0.3) is 0 Å². The van der Waals surface area contributed by atoms with Crippen LogP contribution in [-0.4, -0.2) is 44.5 Å². The van der Waals surface area contributed by atoms with Crippen LogP contribution in [0.15, 0.2) is 12.4 Å². The second-order valence-electron chi connectivity index (χ2n) is 3.63. The zero-order valence-electron chi connectivity index (χ0n) is 9.67. The van der Waals surface area contributed by atoms with Gasteiger partial charge in [-0.15, -0.1) is 0 Å². The highest BCUT2D eigenvalue weighted by atomic mass is 16.4. The zero-order chi connectivity index (χ0) is 12.8. The fourth-order valence-corrected chi connectivity index (χ4v) is 1.56. The fraction of sp³-hybridized carbons (Fsp3) is 0.500. The van der Waals surface area contributed by atoms with Gasteiger partial charge in [0.05, 0.1) is 19.6 Å². The summed E-state index contributed by atoms with van der Waals surface area (Å²) in [5, 5.41) is 8.73. The molecule has 0 saturated heterocycles. The van der Waals surface area contributed by atoms with E-state index in [1.165, 1.54) is 4.90 Å². The molecule has 1 aromatic rings. The summed E-state index contributed by atoms with van der Waals surface area (Å²) in [7, 11) is 0. The quantitative estimate of drug-likeness (QED) is 0.654. The van der Waals surface area contributed by atoms with E-state index in [0.29, 0.717) is 0 Å². The van der Waals surface area contributed by atoms with E-state index in [-0.39, 0.29) is 19.6 Å². The third-order valence-electron chi connectivity index (χ3n) is 2.25. The number of aromatic nitrogens is 2. The maximum Gasteiger partial charge on any atom is 0.317 e. The van der Waals surface area contributed by atoms with Crippen LogP contribution < -0.4 is 5.73 Å². The van der Waals surface area contributed by atoms with E-state index < -0.39 is 11.9 Å². The van der Waals surface area contributed by atoms with Crippen molar-refractivity contribution in [1.82, 2.24) is 14.5 Å². The average Bonchev–Trinajstić information content (AvgIpc) is 2.62. The second-order valence-corrected chi connectivity index (χ2v) is 3.63. The Labute approximate surface area is 98.8 Å². The molecule has 0 aliphatic carbocycles. The Morgan fingerprint density at radius 2 is 2.24 bits per heavy atom. The van der Waals surface area contributed by atoms with Crippen molar-refractivity contribution < 1.29 is 14.7 Å². The number of hydrogen-bond acceptors (Lipinski definition) is 4. The molecule has 7 heteroatoms. The SMILES string of the molecule is CCn1ccnc1CN(CC(N)=O)CC(=O)O. The topological polar surface area (TPSA) is 101 Å². The molecule has 1 heterocycles. The van der Waals surface area contributed by atoms with E-state index in [9.17, 15) is 9.59 Å². The Balaban J connectivity index is 2.71. The van der Waals surface area contributed by atoms with Gasteiger partial charge >= 0.3 is 5.97 Å². The van der Waals surface area contributed by atoms with E-state index in [2.05, 4.69) is 4.98 Å². The summed E-state index contributed by atoms with van der Waals surface area (Å²) in [6.45, 7) is 2.66. The minimum Gasteiger partial charge on any atom is -0.480 e. The minimum absolute atomic E-state index is 0.0944. The van der Waals surface area contributed by atoms with Gasteiger partial charge in [0, 0.05) is 18.9 Å². The van der Waals surface area contributed by atoms with Gasteiger partial charge in [-0.25, -0.2) is 4.98 Å². The molecule has 0 aliphatic heterocycles. The first-order chi connectivity index (χ1) is 8.02. The van der Waals surface area contributed by atoms with E-state index in [0.717, 1.165) is 12.4 Å². The smallest absolute Gasteiger partial charge is 0.317 e. The van der Waals surface area contributed by atoms with Crippen LogP contribution in [0.5, 0.6) is 0 Å². The number of primary amides is 1. The van der Waals surface area contributed by atoms with Crippen molar-refractivity contribution in [2.24, 2.45) is 5.73 Å². The number of carboxylic acids is 1. The molecule has 17 heavy (non-hydrogen) atoms. The number of nitrogens with two attached hydrogens (primary N) is 1. The van der Waals surface area contributed by atoms with Crippen molar-refractivity contribution >= 4 is 11.9 Å². The minimum atomic E-state index is -0.999. The summed E-state index contributed by atoms with van der Waals surface area (Å²) < 4.78 is 1.88. The molecule has 0 radical (unpaired) electrons. The first-order valence-electron chi connectivity index (χ1n) is 5.25. The maximum absolute atomic E-state index is 10.8. The summed E-state index contributed by atoms with van der Waals surface area (Å²) >= 11 is 0. The van der Waals surface area contributed by atoms with Gasteiger partial charge in [-0.05, 0) is 6.92 Å². The van der Waals surface area contributed by atoms with Crippen molar-refractivity contribution in [2.45, 2.75) is 20.0 Å². The summed E-state index contributed by atoms with van der Waals surface area (Å²) in [5.41, 5.74) is 5.07. The van der Waals surface area contributed by atoms with E-state index in [1.807, 2.05) is 11.5 Å². The molecule has 0 atom stereocenters. The lowest BCUT2D eigenvalue weighted by atomic mass is 10.4. The lowest BCUT2D eigenvalue weighted by Gasteiger charge is -2.18. The Bertz CT molecular complexity index is 386. The molecule has 94 valence electrons. The Kier molecular flexibility index (Phi) is 4.65.